The van der Waals surface area contributed by atoms with E-state index in [1.165, 1.54) is 5.56 Å². The first-order chi connectivity index (χ1) is 9.61. The van der Waals surface area contributed by atoms with Crippen LogP contribution in [0.3, 0.4) is 0 Å². The first-order valence-electron chi connectivity index (χ1n) is 6.85. The van der Waals surface area contributed by atoms with Gasteiger partial charge in [-0.15, -0.1) is 0 Å². The van der Waals surface area contributed by atoms with Gasteiger partial charge in [0.05, 0.1) is 0 Å². The molecule has 0 saturated carbocycles. The maximum absolute atomic E-state index is 6.28. The average molecular weight is 290 g/mol. The molecule has 106 valence electrons. The topological polar surface area (TPSA) is 21.3 Å². The minimum Gasteiger partial charge on any atom is -0.457 e. The van der Waals surface area contributed by atoms with Crippen LogP contribution in [0.1, 0.15) is 23.6 Å². The van der Waals surface area contributed by atoms with Gasteiger partial charge in [-0.3, -0.25) is 0 Å². The second-order valence-electron chi connectivity index (χ2n) is 4.87. The van der Waals surface area contributed by atoms with Gasteiger partial charge in [0.2, 0.25) is 0 Å². The molecular formula is C17H20ClNO. The Labute approximate surface area is 125 Å². The highest BCUT2D eigenvalue weighted by atomic mass is 35.5. The highest BCUT2D eigenvalue weighted by molar-refractivity contribution is 6.31. The Kier molecular flexibility index (Phi) is 5.05. The Balaban J connectivity index is 2.30. The van der Waals surface area contributed by atoms with Gasteiger partial charge in [-0.1, -0.05) is 42.3 Å². The van der Waals surface area contributed by atoms with E-state index in [1.54, 1.807) is 0 Å². The van der Waals surface area contributed by atoms with E-state index < -0.39 is 0 Å². The van der Waals surface area contributed by atoms with Crippen LogP contribution >= 0.6 is 11.6 Å². The summed E-state index contributed by atoms with van der Waals surface area (Å²) < 4.78 is 6.05. The molecule has 0 aromatic heterocycles. The molecule has 0 amide bonds. The molecule has 0 fully saturated rings. The SMILES string of the molecule is CCNCc1c(Cl)cccc1Oc1ccc(C)cc1C. The summed E-state index contributed by atoms with van der Waals surface area (Å²) in [4.78, 5) is 0. The van der Waals surface area contributed by atoms with E-state index in [0.717, 1.165) is 34.2 Å². The van der Waals surface area contributed by atoms with Crippen LogP contribution < -0.4 is 10.1 Å². The van der Waals surface area contributed by atoms with E-state index in [1.807, 2.05) is 24.3 Å². The third-order valence-corrected chi connectivity index (χ3v) is 3.53. The van der Waals surface area contributed by atoms with Crippen LogP contribution in [0, 0.1) is 13.8 Å². The molecule has 0 spiro atoms. The number of hydrogen-bond donors (Lipinski definition) is 1. The molecule has 1 N–H and O–H groups in total. The van der Waals surface area contributed by atoms with Crippen molar-refractivity contribution in [3.8, 4) is 11.5 Å². The fraction of sp³-hybridized carbons (Fsp3) is 0.294. The second-order valence-corrected chi connectivity index (χ2v) is 5.28. The van der Waals surface area contributed by atoms with Gasteiger partial charge >= 0.3 is 0 Å². The summed E-state index contributed by atoms with van der Waals surface area (Å²) in [5.41, 5.74) is 3.35. The van der Waals surface area contributed by atoms with Gasteiger partial charge in [0.25, 0.3) is 0 Å². The van der Waals surface area contributed by atoms with Crippen molar-refractivity contribution >= 4 is 11.6 Å². The monoisotopic (exact) mass is 289 g/mol. The molecule has 0 radical (unpaired) electrons. The lowest BCUT2D eigenvalue weighted by molar-refractivity contribution is 0.469. The molecule has 2 aromatic rings. The number of ether oxygens (including phenoxy) is 1. The number of aryl methyl sites for hydroxylation is 2. The quantitative estimate of drug-likeness (QED) is 0.849. The molecule has 0 saturated heterocycles. The Morgan fingerprint density at radius 2 is 1.90 bits per heavy atom. The molecule has 0 heterocycles. The minimum atomic E-state index is 0.705. The van der Waals surface area contributed by atoms with Crippen molar-refractivity contribution in [3.63, 3.8) is 0 Å². The summed E-state index contributed by atoms with van der Waals surface area (Å²) >= 11 is 6.28. The van der Waals surface area contributed by atoms with Crippen LogP contribution in [-0.2, 0) is 6.54 Å². The van der Waals surface area contributed by atoms with Crippen molar-refractivity contribution in [2.24, 2.45) is 0 Å². The Morgan fingerprint density at radius 3 is 2.60 bits per heavy atom. The van der Waals surface area contributed by atoms with Gasteiger partial charge in [0.1, 0.15) is 11.5 Å². The molecule has 0 aliphatic carbocycles. The first-order valence-corrected chi connectivity index (χ1v) is 7.23. The lowest BCUT2D eigenvalue weighted by Gasteiger charge is -2.14. The van der Waals surface area contributed by atoms with Crippen LogP contribution in [-0.4, -0.2) is 6.54 Å². The van der Waals surface area contributed by atoms with Gasteiger partial charge in [-0.25, -0.2) is 0 Å². The summed E-state index contributed by atoms with van der Waals surface area (Å²) in [5, 5.41) is 4.02. The molecule has 2 rings (SSSR count). The predicted molar refractivity (Wildman–Crippen MR) is 84.8 cm³/mol. The van der Waals surface area contributed by atoms with Crippen molar-refractivity contribution in [1.82, 2.24) is 5.32 Å². The standard InChI is InChI=1S/C17H20ClNO/c1-4-19-11-14-15(18)6-5-7-17(14)20-16-9-8-12(2)10-13(16)3/h5-10,19H,4,11H2,1-3H3. The zero-order valence-electron chi connectivity index (χ0n) is 12.2. The summed E-state index contributed by atoms with van der Waals surface area (Å²) in [6.07, 6.45) is 0. The number of benzene rings is 2. The number of rotatable bonds is 5. The van der Waals surface area contributed by atoms with Gasteiger partial charge < -0.3 is 10.1 Å². The van der Waals surface area contributed by atoms with E-state index >= 15 is 0 Å². The molecule has 0 unspecified atom stereocenters. The van der Waals surface area contributed by atoms with Gasteiger partial charge in [0, 0.05) is 17.1 Å². The Bertz CT molecular complexity index is 596. The average Bonchev–Trinajstić information content (AvgIpc) is 2.41. The molecular weight excluding hydrogens is 270 g/mol. The number of hydrogen-bond acceptors (Lipinski definition) is 2. The molecule has 0 aliphatic heterocycles. The van der Waals surface area contributed by atoms with Crippen LogP contribution in [0.15, 0.2) is 36.4 Å². The van der Waals surface area contributed by atoms with Crippen LogP contribution in [0.4, 0.5) is 0 Å². The lowest BCUT2D eigenvalue weighted by atomic mass is 10.1. The Hall–Kier alpha value is -1.51. The molecule has 0 atom stereocenters. The third-order valence-electron chi connectivity index (χ3n) is 3.18. The molecule has 2 nitrogen and oxygen atoms in total. The van der Waals surface area contributed by atoms with Crippen molar-refractivity contribution in [2.45, 2.75) is 27.3 Å². The van der Waals surface area contributed by atoms with Gasteiger partial charge in [-0.05, 0) is 44.2 Å². The second kappa shape index (κ2) is 6.78. The van der Waals surface area contributed by atoms with Crippen LogP contribution in [0.25, 0.3) is 0 Å². The zero-order chi connectivity index (χ0) is 14.5. The summed E-state index contributed by atoms with van der Waals surface area (Å²) in [5.74, 6) is 1.68. The maximum atomic E-state index is 6.28. The van der Waals surface area contributed by atoms with E-state index in [2.05, 4.69) is 38.2 Å². The van der Waals surface area contributed by atoms with Crippen molar-refractivity contribution < 1.29 is 4.74 Å². The highest BCUT2D eigenvalue weighted by Crippen LogP contribution is 2.32. The lowest BCUT2D eigenvalue weighted by Crippen LogP contribution is -2.12. The number of nitrogens with one attached hydrogen (secondary N) is 1. The molecule has 20 heavy (non-hydrogen) atoms. The van der Waals surface area contributed by atoms with Crippen molar-refractivity contribution in [2.75, 3.05) is 6.54 Å². The van der Waals surface area contributed by atoms with Crippen LogP contribution in [0.5, 0.6) is 11.5 Å². The minimum absolute atomic E-state index is 0.705. The van der Waals surface area contributed by atoms with Gasteiger partial charge in [-0.2, -0.15) is 0 Å². The molecule has 0 bridgehead atoms. The molecule has 3 heteroatoms. The van der Waals surface area contributed by atoms with Gasteiger partial charge in [0.15, 0.2) is 0 Å². The molecule has 0 aliphatic rings. The van der Waals surface area contributed by atoms with Crippen molar-refractivity contribution in [1.29, 1.82) is 0 Å². The largest absolute Gasteiger partial charge is 0.457 e. The highest BCUT2D eigenvalue weighted by Gasteiger charge is 2.10. The van der Waals surface area contributed by atoms with Crippen molar-refractivity contribution in [3.05, 3.63) is 58.1 Å². The van der Waals surface area contributed by atoms with Crippen LogP contribution in [0.2, 0.25) is 5.02 Å². The zero-order valence-corrected chi connectivity index (χ0v) is 12.9. The molecule has 2 aromatic carbocycles. The third kappa shape index (κ3) is 3.53. The Morgan fingerprint density at radius 1 is 1.10 bits per heavy atom. The normalized spacial score (nSPS) is 10.6. The van der Waals surface area contributed by atoms with E-state index in [-0.39, 0.29) is 0 Å². The van der Waals surface area contributed by atoms with E-state index in [9.17, 15) is 0 Å². The fourth-order valence-electron chi connectivity index (χ4n) is 2.09. The predicted octanol–water partition coefficient (Wildman–Crippen LogP) is 4.86. The first kappa shape index (κ1) is 14.9. The summed E-state index contributed by atoms with van der Waals surface area (Å²) in [7, 11) is 0. The maximum Gasteiger partial charge on any atom is 0.133 e. The summed E-state index contributed by atoms with van der Waals surface area (Å²) in [6, 6.07) is 11.9. The number of halogens is 1. The van der Waals surface area contributed by atoms with E-state index in [0.29, 0.717) is 6.54 Å². The fourth-order valence-corrected chi connectivity index (χ4v) is 2.32. The summed E-state index contributed by atoms with van der Waals surface area (Å²) in [6.45, 7) is 7.80. The smallest absolute Gasteiger partial charge is 0.133 e. The van der Waals surface area contributed by atoms with E-state index in [4.69, 9.17) is 16.3 Å².